The Balaban J connectivity index is 1.73. The zero-order chi connectivity index (χ0) is 15.7. The van der Waals surface area contributed by atoms with E-state index in [9.17, 15) is 4.79 Å². The van der Waals surface area contributed by atoms with Crippen LogP contribution in [-0.2, 0) is 4.79 Å². The molecule has 2 aromatic heterocycles. The molecule has 2 atom stereocenters. The summed E-state index contributed by atoms with van der Waals surface area (Å²) in [4.78, 5) is 20.3. The van der Waals surface area contributed by atoms with E-state index in [1.54, 1.807) is 11.3 Å². The van der Waals surface area contributed by atoms with Crippen LogP contribution < -0.4 is 0 Å². The zero-order valence-corrected chi connectivity index (χ0v) is 14.1. The fourth-order valence-electron chi connectivity index (χ4n) is 3.17. The molecule has 0 spiro atoms. The molecular weight excluding hydrogens is 296 g/mol. The Morgan fingerprint density at radius 3 is 2.91 bits per heavy atom. The van der Waals surface area contributed by atoms with Crippen LogP contribution in [0.4, 0.5) is 0 Å². The summed E-state index contributed by atoms with van der Waals surface area (Å²) < 4.78 is 1.99. The quantitative estimate of drug-likeness (QED) is 0.874. The van der Waals surface area contributed by atoms with Gasteiger partial charge in [0.15, 0.2) is 0 Å². The molecule has 5 nitrogen and oxygen atoms in total. The van der Waals surface area contributed by atoms with Gasteiger partial charge in [0.25, 0.3) is 0 Å². The summed E-state index contributed by atoms with van der Waals surface area (Å²) in [5.41, 5.74) is 0. The molecule has 118 valence electrons. The first-order valence-electron chi connectivity index (χ1n) is 7.78. The lowest BCUT2D eigenvalue weighted by Crippen LogP contribution is -2.42. The van der Waals surface area contributed by atoms with Crippen LogP contribution in [0, 0.1) is 13.8 Å². The van der Waals surface area contributed by atoms with Crippen LogP contribution in [0.5, 0.6) is 0 Å². The molecular formula is C16H22N4OS. The van der Waals surface area contributed by atoms with E-state index < -0.39 is 0 Å². The molecule has 0 unspecified atom stereocenters. The topological polar surface area (TPSA) is 51.0 Å². The number of likely N-dealkylation sites (tertiary alicyclic amines) is 1. The van der Waals surface area contributed by atoms with Gasteiger partial charge in [0, 0.05) is 18.0 Å². The SMILES string of the molecule is Cc1nc(C)n([C@@H]2CCCN(C(=O)[C@H](C)c3cccs3)C2)n1. The van der Waals surface area contributed by atoms with Gasteiger partial charge in [0.2, 0.25) is 5.91 Å². The van der Waals surface area contributed by atoms with Gasteiger partial charge in [0.1, 0.15) is 11.6 Å². The lowest BCUT2D eigenvalue weighted by atomic mass is 10.0. The number of aromatic nitrogens is 3. The summed E-state index contributed by atoms with van der Waals surface area (Å²) in [6.07, 6.45) is 2.08. The fraction of sp³-hybridized carbons (Fsp3) is 0.562. The normalized spacial score (nSPS) is 20.1. The van der Waals surface area contributed by atoms with Crippen LogP contribution in [0.1, 0.15) is 48.3 Å². The standard InChI is InChI=1S/C16H22N4OS/c1-11(15-7-5-9-22-15)16(21)19-8-4-6-14(10-19)20-13(3)17-12(2)18-20/h5,7,9,11,14H,4,6,8,10H2,1-3H3/t11-,14-/m1/s1. The third-order valence-electron chi connectivity index (χ3n) is 4.30. The second-order valence-corrected chi connectivity index (χ2v) is 6.95. The Hall–Kier alpha value is -1.69. The van der Waals surface area contributed by atoms with E-state index in [4.69, 9.17) is 0 Å². The van der Waals surface area contributed by atoms with E-state index in [0.717, 1.165) is 42.5 Å². The van der Waals surface area contributed by atoms with Crippen molar-refractivity contribution in [2.45, 2.75) is 45.6 Å². The van der Waals surface area contributed by atoms with Crippen LogP contribution in [0.3, 0.4) is 0 Å². The summed E-state index contributed by atoms with van der Waals surface area (Å²) in [6, 6.07) is 4.29. The van der Waals surface area contributed by atoms with Gasteiger partial charge in [-0.3, -0.25) is 4.79 Å². The Labute approximate surface area is 135 Å². The maximum absolute atomic E-state index is 12.8. The van der Waals surface area contributed by atoms with Gasteiger partial charge >= 0.3 is 0 Å². The predicted octanol–water partition coefficient (Wildman–Crippen LogP) is 2.92. The van der Waals surface area contributed by atoms with Crippen molar-refractivity contribution in [2.75, 3.05) is 13.1 Å². The molecule has 3 heterocycles. The van der Waals surface area contributed by atoms with E-state index in [0.29, 0.717) is 0 Å². The van der Waals surface area contributed by atoms with Crippen molar-refractivity contribution in [3.8, 4) is 0 Å². The summed E-state index contributed by atoms with van der Waals surface area (Å²) >= 11 is 1.65. The van der Waals surface area contributed by atoms with E-state index in [1.807, 2.05) is 47.9 Å². The predicted molar refractivity (Wildman–Crippen MR) is 87.1 cm³/mol. The Kier molecular flexibility index (Phi) is 4.29. The van der Waals surface area contributed by atoms with Crippen molar-refractivity contribution in [1.29, 1.82) is 0 Å². The lowest BCUT2D eigenvalue weighted by Gasteiger charge is -2.34. The number of piperidine rings is 1. The number of nitrogens with zero attached hydrogens (tertiary/aromatic N) is 4. The van der Waals surface area contributed by atoms with Crippen molar-refractivity contribution < 1.29 is 4.79 Å². The molecule has 1 aliphatic heterocycles. The largest absolute Gasteiger partial charge is 0.340 e. The molecule has 3 rings (SSSR count). The number of aryl methyl sites for hydroxylation is 2. The molecule has 2 aromatic rings. The van der Waals surface area contributed by atoms with Gasteiger partial charge in [-0.05, 0) is 45.1 Å². The minimum atomic E-state index is -0.0580. The zero-order valence-electron chi connectivity index (χ0n) is 13.3. The number of amides is 1. The third kappa shape index (κ3) is 2.92. The van der Waals surface area contributed by atoms with Gasteiger partial charge < -0.3 is 4.90 Å². The highest BCUT2D eigenvalue weighted by atomic mass is 32.1. The highest BCUT2D eigenvalue weighted by molar-refractivity contribution is 7.10. The van der Waals surface area contributed by atoms with Crippen molar-refractivity contribution in [2.24, 2.45) is 0 Å². The molecule has 0 radical (unpaired) electrons. The Morgan fingerprint density at radius 2 is 2.27 bits per heavy atom. The number of hydrogen-bond acceptors (Lipinski definition) is 4. The molecule has 0 aliphatic carbocycles. The van der Waals surface area contributed by atoms with Gasteiger partial charge in [-0.25, -0.2) is 9.67 Å². The van der Waals surface area contributed by atoms with Gasteiger partial charge in [-0.2, -0.15) is 5.10 Å². The highest BCUT2D eigenvalue weighted by Crippen LogP contribution is 2.27. The first-order chi connectivity index (χ1) is 10.6. The summed E-state index contributed by atoms with van der Waals surface area (Å²) in [5.74, 6) is 1.90. The van der Waals surface area contributed by atoms with Gasteiger partial charge in [-0.1, -0.05) is 6.07 Å². The van der Waals surface area contributed by atoms with Crippen molar-refractivity contribution in [1.82, 2.24) is 19.7 Å². The molecule has 0 aromatic carbocycles. The maximum atomic E-state index is 12.8. The van der Waals surface area contributed by atoms with E-state index in [1.165, 1.54) is 0 Å². The van der Waals surface area contributed by atoms with Gasteiger partial charge in [0.05, 0.1) is 12.0 Å². The van der Waals surface area contributed by atoms with Crippen molar-refractivity contribution >= 4 is 17.2 Å². The highest BCUT2D eigenvalue weighted by Gasteiger charge is 2.29. The second kappa shape index (κ2) is 6.20. The van der Waals surface area contributed by atoms with Gasteiger partial charge in [-0.15, -0.1) is 11.3 Å². The summed E-state index contributed by atoms with van der Waals surface area (Å²) in [6.45, 7) is 7.47. The lowest BCUT2D eigenvalue weighted by molar-refractivity contribution is -0.134. The molecule has 1 saturated heterocycles. The molecule has 1 fully saturated rings. The number of carbonyl (C=O) groups excluding carboxylic acids is 1. The van der Waals surface area contributed by atoms with E-state index in [2.05, 4.69) is 10.1 Å². The minimum Gasteiger partial charge on any atom is -0.340 e. The van der Waals surface area contributed by atoms with Crippen LogP contribution in [0.25, 0.3) is 0 Å². The number of carbonyl (C=O) groups is 1. The van der Waals surface area contributed by atoms with E-state index in [-0.39, 0.29) is 17.9 Å². The smallest absolute Gasteiger partial charge is 0.230 e. The summed E-state index contributed by atoms with van der Waals surface area (Å²) in [7, 11) is 0. The number of rotatable bonds is 3. The van der Waals surface area contributed by atoms with E-state index >= 15 is 0 Å². The average Bonchev–Trinajstić information content (AvgIpc) is 3.15. The average molecular weight is 318 g/mol. The molecule has 1 amide bonds. The molecule has 22 heavy (non-hydrogen) atoms. The van der Waals surface area contributed by atoms with Crippen molar-refractivity contribution in [3.05, 3.63) is 34.0 Å². The molecule has 0 N–H and O–H groups in total. The number of thiophene rings is 1. The first kappa shape index (κ1) is 15.2. The van der Waals surface area contributed by atoms with Crippen LogP contribution in [0.2, 0.25) is 0 Å². The molecule has 6 heteroatoms. The van der Waals surface area contributed by atoms with Crippen LogP contribution in [-0.4, -0.2) is 38.7 Å². The van der Waals surface area contributed by atoms with Crippen LogP contribution >= 0.6 is 11.3 Å². The number of hydrogen-bond donors (Lipinski definition) is 0. The monoisotopic (exact) mass is 318 g/mol. The molecule has 0 bridgehead atoms. The minimum absolute atomic E-state index is 0.0580. The third-order valence-corrected chi connectivity index (χ3v) is 5.36. The first-order valence-corrected chi connectivity index (χ1v) is 8.66. The second-order valence-electron chi connectivity index (χ2n) is 5.97. The molecule has 1 aliphatic rings. The fourth-order valence-corrected chi connectivity index (χ4v) is 3.95. The Bertz CT molecular complexity index is 649. The Morgan fingerprint density at radius 1 is 1.45 bits per heavy atom. The molecule has 0 saturated carbocycles. The summed E-state index contributed by atoms with van der Waals surface area (Å²) in [5, 5.41) is 6.52. The van der Waals surface area contributed by atoms with Crippen LogP contribution in [0.15, 0.2) is 17.5 Å². The maximum Gasteiger partial charge on any atom is 0.230 e. The van der Waals surface area contributed by atoms with Crippen molar-refractivity contribution in [3.63, 3.8) is 0 Å².